The monoisotopic (exact) mass is 499 g/mol. The van der Waals surface area contributed by atoms with Gasteiger partial charge < -0.3 is 19.5 Å². The molecule has 0 saturated carbocycles. The maximum atomic E-state index is 13.3. The Hall–Kier alpha value is -4.01. The van der Waals surface area contributed by atoms with Crippen LogP contribution in [0.4, 0.5) is 0 Å². The summed E-state index contributed by atoms with van der Waals surface area (Å²) in [6.07, 6.45) is 3.77. The summed E-state index contributed by atoms with van der Waals surface area (Å²) in [6.45, 7) is 4.27. The SMILES string of the molecule is O=C1C(=O)N(CCCN2CCOCC2)C(c2cccc(Oc3ccccc3)c2)/C1=C(\O)c1ccncc1. The first-order chi connectivity index (χ1) is 18.1. The predicted molar refractivity (Wildman–Crippen MR) is 138 cm³/mol. The third kappa shape index (κ3) is 5.55. The number of rotatable bonds is 8. The average Bonchev–Trinajstić information content (AvgIpc) is 3.19. The van der Waals surface area contributed by atoms with E-state index in [1.165, 1.54) is 12.4 Å². The first-order valence-corrected chi connectivity index (χ1v) is 12.4. The number of aromatic nitrogens is 1. The topological polar surface area (TPSA) is 92.2 Å². The van der Waals surface area contributed by atoms with Crippen molar-refractivity contribution in [3.05, 3.63) is 95.8 Å². The molecule has 2 aliphatic rings. The zero-order valence-electron chi connectivity index (χ0n) is 20.5. The summed E-state index contributed by atoms with van der Waals surface area (Å²) >= 11 is 0. The smallest absolute Gasteiger partial charge is 0.295 e. The lowest BCUT2D eigenvalue weighted by Crippen LogP contribution is -2.38. The minimum absolute atomic E-state index is 0.0689. The molecule has 0 radical (unpaired) electrons. The van der Waals surface area contributed by atoms with Crippen molar-refractivity contribution in [1.82, 2.24) is 14.8 Å². The molecule has 2 aromatic carbocycles. The van der Waals surface area contributed by atoms with Crippen molar-refractivity contribution < 1.29 is 24.2 Å². The van der Waals surface area contributed by atoms with Crippen LogP contribution in [0.15, 0.2) is 84.7 Å². The van der Waals surface area contributed by atoms with E-state index in [1.54, 1.807) is 17.0 Å². The lowest BCUT2D eigenvalue weighted by atomic mass is 9.95. The summed E-state index contributed by atoms with van der Waals surface area (Å²) in [5, 5.41) is 11.2. The molecule has 0 spiro atoms. The van der Waals surface area contributed by atoms with Crippen LogP contribution in [0.2, 0.25) is 0 Å². The highest BCUT2D eigenvalue weighted by Gasteiger charge is 2.46. The van der Waals surface area contributed by atoms with Gasteiger partial charge in [-0.1, -0.05) is 30.3 Å². The molecule has 1 unspecified atom stereocenters. The van der Waals surface area contributed by atoms with E-state index in [0.717, 1.165) is 19.6 Å². The van der Waals surface area contributed by atoms with Gasteiger partial charge in [-0.25, -0.2) is 0 Å². The van der Waals surface area contributed by atoms with E-state index in [9.17, 15) is 14.7 Å². The van der Waals surface area contributed by atoms with Crippen LogP contribution in [0.5, 0.6) is 11.5 Å². The fraction of sp³-hybridized carbons (Fsp3) is 0.276. The Balaban J connectivity index is 1.48. The van der Waals surface area contributed by atoms with Crippen LogP contribution in [0.1, 0.15) is 23.6 Å². The Morgan fingerprint density at radius 3 is 2.43 bits per heavy atom. The normalized spacial score (nSPS) is 19.8. The van der Waals surface area contributed by atoms with E-state index in [4.69, 9.17) is 9.47 Å². The molecule has 1 atom stereocenters. The number of hydrogen-bond donors (Lipinski definition) is 1. The second-order valence-electron chi connectivity index (χ2n) is 9.02. The maximum Gasteiger partial charge on any atom is 0.295 e. The molecule has 8 heteroatoms. The van der Waals surface area contributed by atoms with Crippen molar-refractivity contribution in [2.24, 2.45) is 0 Å². The fourth-order valence-electron chi connectivity index (χ4n) is 4.78. The molecular weight excluding hydrogens is 470 g/mol. The van der Waals surface area contributed by atoms with E-state index in [2.05, 4.69) is 9.88 Å². The van der Waals surface area contributed by atoms with Gasteiger partial charge in [0.15, 0.2) is 0 Å². The number of para-hydroxylation sites is 1. The molecule has 3 aromatic rings. The molecule has 2 aliphatic heterocycles. The molecule has 5 rings (SSSR count). The van der Waals surface area contributed by atoms with Crippen LogP contribution in [-0.2, 0) is 14.3 Å². The van der Waals surface area contributed by atoms with Gasteiger partial charge >= 0.3 is 0 Å². The van der Waals surface area contributed by atoms with Gasteiger partial charge in [-0.3, -0.25) is 19.5 Å². The van der Waals surface area contributed by atoms with E-state index in [0.29, 0.717) is 48.8 Å². The highest BCUT2D eigenvalue weighted by Crippen LogP contribution is 2.40. The molecule has 3 heterocycles. The summed E-state index contributed by atoms with van der Waals surface area (Å²) in [4.78, 5) is 34.4. The largest absolute Gasteiger partial charge is 0.507 e. The van der Waals surface area contributed by atoms with Gasteiger partial charge in [0.05, 0.1) is 24.8 Å². The number of aliphatic hydroxyl groups excluding tert-OH is 1. The standard InChI is InChI=1S/C29H29N3O5/c33-27(21-10-12-30-13-11-21)25-26(22-6-4-9-24(20-22)37-23-7-2-1-3-8-23)32(29(35)28(25)34)15-5-14-31-16-18-36-19-17-31/h1-4,6-13,20,26,33H,5,14-19H2/b27-25+. The number of Topliss-reactive ketones (excluding diaryl/α,β-unsaturated/α-hetero) is 1. The van der Waals surface area contributed by atoms with Crippen molar-refractivity contribution >= 4 is 17.4 Å². The molecule has 1 N–H and O–H groups in total. The van der Waals surface area contributed by atoms with E-state index < -0.39 is 17.7 Å². The number of pyridine rings is 1. The van der Waals surface area contributed by atoms with Gasteiger partial charge in [-0.15, -0.1) is 0 Å². The van der Waals surface area contributed by atoms with Gasteiger partial charge in [-0.05, 0) is 48.4 Å². The van der Waals surface area contributed by atoms with Gasteiger partial charge in [0.2, 0.25) is 0 Å². The first kappa shape index (κ1) is 24.7. The molecular formula is C29H29N3O5. The van der Waals surface area contributed by atoms with Crippen molar-refractivity contribution in [2.75, 3.05) is 39.4 Å². The number of carbonyl (C=O) groups excluding carboxylic acids is 2. The molecule has 0 bridgehead atoms. The third-order valence-electron chi connectivity index (χ3n) is 6.62. The zero-order valence-corrected chi connectivity index (χ0v) is 20.5. The quantitative estimate of drug-likeness (QED) is 0.284. The molecule has 1 amide bonds. The lowest BCUT2D eigenvalue weighted by molar-refractivity contribution is -0.140. The van der Waals surface area contributed by atoms with Crippen molar-refractivity contribution in [3.63, 3.8) is 0 Å². The number of ether oxygens (including phenoxy) is 2. The first-order valence-electron chi connectivity index (χ1n) is 12.4. The third-order valence-corrected chi connectivity index (χ3v) is 6.62. The van der Waals surface area contributed by atoms with E-state index in [1.807, 2.05) is 54.6 Å². The molecule has 0 aliphatic carbocycles. The number of ketones is 1. The van der Waals surface area contributed by atoms with Gasteiger partial charge in [0.25, 0.3) is 11.7 Å². The summed E-state index contributed by atoms with van der Waals surface area (Å²) in [5.41, 5.74) is 1.19. The number of nitrogens with zero attached hydrogens (tertiary/aromatic N) is 3. The van der Waals surface area contributed by atoms with Crippen molar-refractivity contribution in [3.8, 4) is 11.5 Å². The number of amides is 1. The molecule has 2 saturated heterocycles. The van der Waals surface area contributed by atoms with Crippen molar-refractivity contribution in [1.29, 1.82) is 0 Å². The molecule has 37 heavy (non-hydrogen) atoms. The molecule has 190 valence electrons. The number of benzene rings is 2. The number of carbonyl (C=O) groups is 2. The minimum atomic E-state index is -0.739. The minimum Gasteiger partial charge on any atom is -0.507 e. The van der Waals surface area contributed by atoms with Gasteiger partial charge in [-0.2, -0.15) is 0 Å². The van der Waals surface area contributed by atoms with Crippen molar-refractivity contribution in [2.45, 2.75) is 12.5 Å². The zero-order chi connectivity index (χ0) is 25.6. The van der Waals surface area contributed by atoms with E-state index in [-0.39, 0.29) is 11.3 Å². The fourth-order valence-corrected chi connectivity index (χ4v) is 4.78. The lowest BCUT2D eigenvalue weighted by Gasteiger charge is -2.29. The Kier molecular flexibility index (Phi) is 7.58. The highest BCUT2D eigenvalue weighted by molar-refractivity contribution is 6.46. The Morgan fingerprint density at radius 2 is 1.68 bits per heavy atom. The average molecular weight is 500 g/mol. The summed E-state index contributed by atoms with van der Waals surface area (Å²) in [7, 11) is 0. The van der Waals surface area contributed by atoms with Crippen LogP contribution in [-0.4, -0.2) is 71.0 Å². The van der Waals surface area contributed by atoms with E-state index >= 15 is 0 Å². The number of aliphatic hydroxyl groups is 1. The molecule has 8 nitrogen and oxygen atoms in total. The maximum absolute atomic E-state index is 13.3. The summed E-state index contributed by atoms with van der Waals surface area (Å²) in [5.74, 6) is -0.268. The second kappa shape index (κ2) is 11.4. The summed E-state index contributed by atoms with van der Waals surface area (Å²) < 4.78 is 11.4. The predicted octanol–water partition coefficient (Wildman–Crippen LogP) is 4.02. The van der Waals surface area contributed by atoms with Gasteiger partial charge in [0.1, 0.15) is 17.3 Å². The second-order valence-corrected chi connectivity index (χ2v) is 9.02. The van der Waals surface area contributed by atoms with Crippen LogP contribution >= 0.6 is 0 Å². The van der Waals surface area contributed by atoms with Gasteiger partial charge in [0, 0.05) is 44.1 Å². The Bertz CT molecular complexity index is 1270. The number of morpholine rings is 1. The molecule has 2 fully saturated rings. The van der Waals surface area contributed by atoms with Crippen LogP contribution in [0.3, 0.4) is 0 Å². The number of likely N-dealkylation sites (tertiary alicyclic amines) is 1. The van der Waals surface area contributed by atoms with Crippen LogP contribution in [0.25, 0.3) is 5.76 Å². The highest BCUT2D eigenvalue weighted by atomic mass is 16.5. The Morgan fingerprint density at radius 1 is 0.946 bits per heavy atom. The number of hydrogen-bond acceptors (Lipinski definition) is 7. The van der Waals surface area contributed by atoms with Crippen LogP contribution in [0, 0.1) is 0 Å². The molecule has 1 aromatic heterocycles. The van der Waals surface area contributed by atoms with Crippen LogP contribution < -0.4 is 4.74 Å². The Labute approximate surface area is 215 Å². The summed E-state index contributed by atoms with van der Waals surface area (Å²) in [6, 6.07) is 19.2.